The van der Waals surface area contributed by atoms with Crippen LogP contribution in [0.5, 0.6) is 0 Å². The lowest BCUT2D eigenvalue weighted by Gasteiger charge is -2.36. The Kier molecular flexibility index (Phi) is 1.88. The second kappa shape index (κ2) is 3.03. The number of thiol groups is 1. The van der Waals surface area contributed by atoms with Crippen molar-refractivity contribution in [2.75, 3.05) is 13.2 Å². The molecule has 1 fully saturated rings. The lowest BCUT2D eigenvalue weighted by Crippen LogP contribution is -2.41. The first kappa shape index (κ1) is 9.31. The predicted octanol–water partition coefficient (Wildman–Crippen LogP) is 2.33. The SMILES string of the molecule is Cn1cc(C2(S)COC2)c2ccccc21. The van der Waals surface area contributed by atoms with Crippen molar-refractivity contribution >= 4 is 23.5 Å². The van der Waals surface area contributed by atoms with Gasteiger partial charge in [-0.15, -0.1) is 0 Å². The molecule has 1 aromatic carbocycles. The zero-order chi connectivity index (χ0) is 10.5. The molecule has 0 aliphatic carbocycles. The van der Waals surface area contributed by atoms with E-state index in [4.69, 9.17) is 17.4 Å². The van der Waals surface area contributed by atoms with Gasteiger partial charge in [0.05, 0.1) is 18.0 Å². The van der Waals surface area contributed by atoms with Crippen molar-refractivity contribution in [3.63, 3.8) is 0 Å². The second-order valence-corrected chi connectivity index (χ2v) is 5.05. The van der Waals surface area contributed by atoms with Gasteiger partial charge in [-0.3, -0.25) is 0 Å². The molecular weight excluding hydrogens is 206 g/mol. The molecule has 0 N–H and O–H groups in total. The highest BCUT2D eigenvalue weighted by molar-refractivity contribution is 7.81. The van der Waals surface area contributed by atoms with Crippen LogP contribution >= 0.6 is 12.6 Å². The summed E-state index contributed by atoms with van der Waals surface area (Å²) in [7, 11) is 2.07. The lowest BCUT2D eigenvalue weighted by molar-refractivity contribution is -0.00911. The third-order valence-electron chi connectivity index (χ3n) is 3.08. The van der Waals surface area contributed by atoms with Gasteiger partial charge < -0.3 is 9.30 Å². The summed E-state index contributed by atoms with van der Waals surface area (Å²) in [5, 5.41) is 1.29. The van der Waals surface area contributed by atoms with Crippen molar-refractivity contribution in [1.82, 2.24) is 4.57 Å². The van der Waals surface area contributed by atoms with Crippen LogP contribution in [0.1, 0.15) is 5.56 Å². The van der Waals surface area contributed by atoms with E-state index in [0.717, 1.165) is 0 Å². The number of aromatic nitrogens is 1. The maximum absolute atomic E-state index is 5.26. The van der Waals surface area contributed by atoms with Gasteiger partial charge in [0.15, 0.2) is 0 Å². The molecule has 0 radical (unpaired) electrons. The quantitative estimate of drug-likeness (QED) is 0.727. The van der Waals surface area contributed by atoms with Gasteiger partial charge in [0, 0.05) is 24.1 Å². The van der Waals surface area contributed by atoms with E-state index in [1.165, 1.54) is 16.5 Å². The fraction of sp³-hybridized carbons (Fsp3) is 0.333. The highest BCUT2D eigenvalue weighted by Crippen LogP contribution is 2.40. The Balaban J connectivity index is 2.27. The average molecular weight is 219 g/mol. The first-order valence-corrected chi connectivity index (χ1v) is 5.50. The van der Waals surface area contributed by atoms with Crippen molar-refractivity contribution < 1.29 is 4.74 Å². The van der Waals surface area contributed by atoms with Gasteiger partial charge >= 0.3 is 0 Å². The van der Waals surface area contributed by atoms with Gasteiger partial charge in [-0.25, -0.2) is 0 Å². The molecule has 3 rings (SSSR count). The molecule has 0 atom stereocenters. The number of rotatable bonds is 1. The Bertz CT molecular complexity index is 513. The number of benzene rings is 1. The van der Waals surface area contributed by atoms with Crippen LogP contribution in [0.15, 0.2) is 30.5 Å². The third-order valence-corrected chi connectivity index (χ3v) is 3.58. The van der Waals surface area contributed by atoms with Crippen molar-refractivity contribution in [1.29, 1.82) is 0 Å². The van der Waals surface area contributed by atoms with Gasteiger partial charge in [0.1, 0.15) is 0 Å². The molecule has 1 saturated heterocycles. The van der Waals surface area contributed by atoms with Crippen molar-refractivity contribution in [2.24, 2.45) is 7.05 Å². The Morgan fingerprint density at radius 1 is 1.33 bits per heavy atom. The first-order valence-electron chi connectivity index (χ1n) is 5.05. The fourth-order valence-corrected chi connectivity index (χ4v) is 2.52. The highest BCUT2D eigenvalue weighted by atomic mass is 32.1. The molecule has 0 spiro atoms. The van der Waals surface area contributed by atoms with Crippen molar-refractivity contribution in [3.05, 3.63) is 36.0 Å². The molecule has 2 heterocycles. The van der Waals surface area contributed by atoms with Crippen LogP contribution in [0.25, 0.3) is 10.9 Å². The third kappa shape index (κ3) is 1.23. The minimum atomic E-state index is -0.0825. The molecule has 3 heteroatoms. The summed E-state index contributed by atoms with van der Waals surface area (Å²) in [5.41, 5.74) is 2.54. The molecule has 15 heavy (non-hydrogen) atoms. The van der Waals surface area contributed by atoms with E-state index >= 15 is 0 Å². The summed E-state index contributed by atoms with van der Waals surface area (Å²) < 4.78 is 7.34. The van der Waals surface area contributed by atoms with Crippen LogP contribution in [0.4, 0.5) is 0 Å². The van der Waals surface area contributed by atoms with E-state index in [1.807, 2.05) is 0 Å². The van der Waals surface area contributed by atoms with E-state index in [9.17, 15) is 0 Å². The molecule has 2 nitrogen and oxygen atoms in total. The number of aryl methyl sites for hydroxylation is 1. The molecule has 78 valence electrons. The molecular formula is C12H13NOS. The number of ether oxygens (including phenoxy) is 1. The van der Waals surface area contributed by atoms with Gasteiger partial charge in [0.2, 0.25) is 0 Å². The monoisotopic (exact) mass is 219 g/mol. The Morgan fingerprint density at radius 2 is 2.07 bits per heavy atom. The average Bonchev–Trinajstić information content (AvgIpc) is 2.54. The van der Waals surface area contributed by atoms with Crippen LogP contribution in [-0.2, 0) is 16.5 Å². The maximum Gasteiger partial charge on any atom is 0.0865 e. The molecule has 2 aromatic rings. The predicted molar refractivity (Wildman–Crippen MR) is 64.4 cm³/mol. The van der Waals surface area contributed by atoms with Crippen LogP contribution in [0.3, 0.4) is 0 Å². The number of para-hydroxylation sites is 1. The van der Waals surface area contributed by atoms with E-state index in [0.29, 0.717) is 13.2 Å². The largest absolute Gasteiger partial charge is 0.378 e. The van der Waals surface area contributed by atoms with Crippen molar-refractivity contribution in [2.45, 2.75) is 4.75 Å². The topological polar surface area (TPSA) is 14.2 Å². The first-order chi connectivity index (χ1) is 7.21. The smallest absolute Gasteiger partial charge is 0.0865 e. The molecule has 1 aliphatic rings. The summed E-state index contributed by atoms with van der Waals surface area (Å²) >= 11 is 4.71. The minimum Gasteiger partial charge on any atom is -0.378 e. The van der Waals surface area contributed by atoms with Gasteiger partial charge in [-0.2, -0.15) is 12.6 Å². The maximum atomic E-state index is 5.26. The van der Waals surface area contributed by atoms with Gasteiger partial charge in [-0.05, 0) is 11.6 Å². The summed E-state index contributed by atoms with van der Waals surface area (Å²) in [6.45, 7) is 1.42. The fourth-order valence-electron chi connectivity index (χ4n) is 2.16. The van der Waals surface area contributed by atoms with E-state index in [-0.39, 0.29) is 4.75 Å². The highest BCUT2D eigenvalue weighted by Gasteiger charge is 2.38. The molecule has 0 amide bonds. The van der Waals surface area contributed by atoms with Crippen LogP contribution in [-0.4, -0.2) is 17.8 Å². The molecule has 0 unspecified atom stereocenters. The van der Waals surface area contributed by atoms with E-state index < -0.39 is 0 Å². The molecule has 1 aliphatic heterocycles. The Hall–Kier alpha value is -0.930. The molecule has 0 saturated carbocycles. The molecule has 1 aromatic heterocycles. The number of nitrogens with zero attached hydrogens (tertiary/aromatic N) is 1. The molecule has 0 bridgehead atoms. The summed E-state index contributed by atoms with van der Waals surface area (Å²) in [5.74, 6) is 0. The van der Waals surface area contributed by atoms with Crippen LogP contribution in [0.2, 0.25) is 0 Å². The summed E-state index contributed by atoms with van der Waals surface area (Å²) in [6.07, 6.45) is 2.17. The second-order valence-electron chi connectivity index (χ2n) is 4.20. The summed E-state index contributed by atoms with van der Waals surface area (Å²) in [4.78, 5) is 0. The van der Waals surface area contributed by atoms with Gasteiger partial charge in [0.25, 0.3) is 0 Å². The summed E-state index contributed by atoms with van der Waals surface area (Å²) in [6, 6.07) is 8.42. The van der Waals surface area contributed by atoms with Crippen LogP contribution in [0, 0.1) is 0 Å². The number of hydrogen-bond acceptors (Lipinski definition) is 2. The van der Waals surface area contributed by atoms with E-state index in [1.54, 1.807) is 0 Å². The lowest BCUT2D eigenvalue weighted by atomic mass is 9.96. The van der Waals surface area contributed by atoms with Crippen molar-refractivity contribution in [3.8, 4) is 0 Å². The Labute approximate surface area is 94.3 Å². The van der Waals surface area contributed by atoms with Gasteiger partial charge in [-0.1, -0.05) is 18.2 Å². The number of hydrogen-bond donors (Lipinski definition) is 1. The normalized spacial score (nSPS) is 19.1. The Morgan fingerprint density at radius 3 is 2.73 bits per heavy atom. The zero-order valence-corrected chi connectivity index (χ0v) is 9.50. The van der Waals surface area contributed by atoms with E-state index in [2.05, 4.69) is 42.1 Å². The standard InChI is InChI=1S/C12H13NOS/c1-13-6-10(12(15)7-14-8-12)9-4-2-3-5-11(9)13/h2-6,15H,7-8H2,1H3. The number of fused-ring (bicyclic) bond motifs is 1. The van der Waals surface area contributed by atoms with Crippen LogP contribution < -0.4 is 0 Å². The minimum absolute atomic E-state index is 0.0825. The zero-order valence-electron chi connectivity index (χ0n) is 8.60.